The summed E-state index contributed by atoms with van der Waals surface area (Å²) in [5.41, 5.74) is 1.86. The highest BCUT2D eigenvalue weighted by Gasteiger charge is 2.10. The first-order valence-corrected chi connectivity index (χ1v) is 7.78. The number of pyridine rings is 2. The van der Waals surface area contributed by atoms with Crippen molar-refractivity contribution in [3.8, 4) is 16.4 Å². The Bertz CT molecular complexity index is 1040. The molecule has 4 rings (SSSR count). The van der Waals surface area contributed by atoms with Crippen LogP contribution < -0.4 is 5.43 Å². The molecule has 0 aliphatic rings. The lowest BCUT2D eigenvalue weighted by molar-refractivity contribution is 0.627. The lowest BCUT2D eigenvalue weighted by Gasteiger charge is -2.10. The maximum Gasteiger partial charge on any atom is 0.191 e. The Morgan fingerprint density at radius 1 is 1.04 bits per heavy atom. The van der Waals surface area contributed by atoms with E-state index >= 15 is 0 Å². The monoisotopic (exact) mass is 323 g/mol. The van der Waals surface area contributed by atoms with E-state index in [9.17, 15) is 9.18 Å². The van der Waals surface area contributed by atoms with Gasteiger partial charge in [0.2, 0.25) is 0 Å². The Morgan fingerprint density at radius 3 is 2.61 bits per heavy atom. The summed E-state index contributed by atoms with van der Waals surface area (Å²) >= 11 is 1.48. The van der Waals surface area contributed by atoms with Gasteiger partial charge in [-0.2, -0.15) is 0 Å². The molecule has 0 unspecified atom stereocenters. The number of hydrogen-bond donors (Lipinski definition) is 0. The average Bonchev–Trinajstić information content (AvgIpc) is 3.11. The Hall–Kier alpha value is -2.86. The van der Waals surface area contributed by atoms with Crippen LogP contribution in [-0.4, -0.2) is 14.5 Å². The van der Waals surface area contributed by atoms with Crippen LogP contribution in [0.15, 0.2) is 65.0 Å². The number of thiazole rings is 1. The van der Waals surface area contributed by atoms with Gasteiger partial charge in [0, 0.05) is 29.5 Å². The van der Waals surface area contributed by atoms with Crippen molar-refractivity contribution in [1.29, 1.82) is 0 Å². The van der Waals surface area contributed by atoms with Gasteiger partial charge in [0.15, 0.2) is 5.43 Å². The van der Waals surface area contributed by atoms with Crippen molar-refractivity contribution >= 4 is 22.4 Å². The zero-order valence-electron chi connectivity index (χ0n) is 11.8. The normalized spacial score (nSPS) is 11.0. The van der Waals surface area contributed by atoms with Crippen LogP contribution in [0.5, 0.6) is 0 Å². The van der Waals surface area contributed by atoms with Crippen molar-refractivity contribution in [2.75, 3.05) is 0 Å². The second-order valence-electron chi connectivity index (χ2n) is 4.93. The number of halogens is 1. The van der Waals surface area contributed by atoms with E-state index in [0.717, 1.165) is 10.7 Å². The van der Waals surface area contributed by atoms with Gasteiger partial charge in [0.1, 0.15) is 22.2 Å². The van der Waals surface area contributed by atoms with Gasteiger partial charge in [-0.25, -0.2) is 14.4 Å². The lowest BCUT2D eigenvalue weighted by atomic mass is 10.2. The molecule has 0 saturated heterocycles. The third kappa shape index (κ3) is 2.43. The molecule has 0 radical (unpaired) electrons. The van der Waals surface area contributed by atoms with Gasteiger partial charge < -0.3 is 4.57 Å². The van der Waals surface area contributed by atoms with Crippen LogP contribution in [-0.2, 0) is 0 Å². The largest absolute Gasteiger partial charge is 0.301 e. The van der Waals surface area contributed by atoms with Crippen molar-refractivity contribution in [3.63, 3.8) is 0 Å². The Balaban J connectivity index is 2.00. The number of rotatable bonds is 2. The molecule has 112 valence electrons. The van der Waals surface area contributed by atoms with Gasteiger partial charge in [0.05, 0.1) is 5.39 Å². The third-order valence-electron chi connectivity index (χ3n) is 3.50. The van der Waals surface area contributed by atoms with E-state index < -0.39 is 0 Å². The molecule has 6 heteroatoms. The smallest absolute Gasteiger partial charge is 0.191 e. The molecule has 0 bridgehead atoms. The van der Waals surface area contributed by atoms with E-state index in [1.807, 2.05) is 5.38 Å². The second kappa shape index (κ2) is 5.40. The Labute approximate surface area is 134 Å². The fraction of sp³-hybridized carbons (Fsp3) is 0. The number of aromatic nitrogens is 3. The molecular weight excluding hydrogens is 313 g/mol. The standard InChI is InChI=1S/C17H10FN3OS/c18-11-1-3-12(4-2-11)21-9-7-15(22)13-5-6-14(20-16(13)21)17-19-8-10-23-17/h1-10H. The van der Waals surface area contributed by atoms with Gasteiger partial charge in [0.25, 0.3) is 0 Å². The quantitative estimate of drug-likeness (QED) is 0.566. The highest BCUT2D eigenvalue weighted by molar-refractivity contribution is 7.13. The van der Waals surface area contributed by atoms with E-state index in [0.29, 0.717) is 16.7 Å². The summed E-state index contributed by atoms with van der Waals surface area (Å²) in [6.45, 7) is 0. The summed E-state index contributed by atoms with van der Waals surface area (Å²) in [5, 5.41) is 3.17. The van der Waals surface area contributed by atoms with E-state index in [1.165, 1.54) is 29.5 Å². The summed E-state index contributed by atoms with van der Waals surface area (Å²) in [6, 6.07) is 11.1. The molecule has 23 heavy (non-hydrogen) atoms. The summed E-state index contributed by atoms with van der Waals surface area (Å²) in [5.74, 6) is -0.310. The van der Waals surface area contributed by atoms with Crippen molar-refractivity contribution in [3.05, 3.63) is 76.3 Å². The zero-order valence-corrected chi connectivity index (χ0v) is 12.6. The second-order valence-corrected chi connectivity index (χ2v) is 5.83. The minimum Gasteiger partial charge on any atom is -0.301 e. The topological polar surface area (TPSA) is 47.8 Å². The first kappa shape index (κ1) is 13.8. The van der Waals surface area contributed by atoms with Crippen molar-refractivity contribution in [2.45, 2.75) is 0 Å². The first-order chi connectivity index (χ1) is 11.2. The summed E-state index contributed by atoms with van der Waals surface area (Å²) in [7, 11) is 0. The highest BCUT2D eigenvalue weighted by Crippen LogP contribution is 2.23. The van der Waals surface area contributed by atoms with E-state index in [1.54, 1.807) is 41.2 Å². The number of nitrogens with zero attached hydrogens (tertiary/aromatic N) is 3. The van der Waals surface area contributed by atoms with Crippen LogP contribution >= 0.6 is 11.3 Å². The van der Waals surface area contributed by atoms with Crippen LogP contribution in [0.2, 0.25) is 0 Å². The molecule has 0 aliphatic carbocycles. The van der Waals surface area contributed by atoms with Crippen molar-refractivity contribution in [2.24, 2.45) is 0 Å². The number of hydrogen-bond acceptors (Lipinski definition) is 4. The zero-order chi connectivity index (χ0) is 15.8. The first-order valence-electron chi connectivity index (χ1n) is 6.90. The lowest BCUT2D eigenvalue weighted by Crippen LogP contribution is -2.08. The average molecular weight is 323 g/mol. The Morgan fingerprint density at radius 2 is 1.87 bits per heavy atom. The summed E-state index contributed by atoms with van der Waals surface area (Å²) in [6.07, 6.45) is 3.36. The molecule has 3 heterocycles. The molecule has 3 aromatic heterocycles. The fourth-order valence-electron chi connectivity index (χ4n) is 2.41. The highest BCUT2D eigenvalue weighted by atomic mass is 32.1. The minimum atomic E-state index is -0.310. The van der Waals surface area contributed by atoms with Crippen LogP contribution in [0.25, 0.3) is 27.4 Å². The molecule has 1 aromatic carbocycles. The van der Waals surface area contributed by atoms with Gasteiger partial charge in [-0.15, -0.1) is 11.3 Å². The minimum absolute atomic E-state index is 0.100. The van der Waals surface area contributed by atoms with Gasteiger partial charge in [-0.3, -0.25) is 4.79 Å². The van der Waals surface area contributed by atoms with E-state index in [2.05, 4.69) is 9.97 Å². The predicted octanol–water partition coefficient (Wildman–Crippen LogP) is 3.65. The van der Waals surface area contributed by atoms with Gasteiger partial charge in [-0.1, -0.05) is 0 Å². The van der Waals surface area contributed by atoms with Gasteiger partial charge >= 0.3 is 0 Å². The third-order valence-corrected chi connectivity index (χ3v) is 4.30. The fourth-order valence-corrected chi connectivity index (χ4v) is 3.01. The summed E-state index contributed by atoms with van der Waals surface area (Å²) in [4.78, 5) is 20.9. The number of fused-ring (bicyclic) bond motifs is 1. The molecule has 4 aromatic rings. The molecular formula is C17H10FN3OS. The van der Waals surface area contributed by atoms with Crippen LogP contribution in [0.1, 0.15) is 0 Å². The molecule has 0 saturated carbocycles. The maximum atomic E-state index is 13.1. The van der Waals surface area contributed by atoms with Gasteiger partial charge in [-0.05, 0) is 36.4 Å². The van der Waals surface area contributed by atoms with E-state index in [4.69, 9.17) is 0 Å². The molecule has 0 atom stereocenters. The van der Waals surface area contributed by atoms with Crippen LogP contribution in [0, 0.1) is 5.82 Å². The summed E-state index contributed by atoms with van der Waals surface area (Å²) < 4.78 is 14.9. The molecule has 0 aliphatic heterocycles. The predicted molar refractivity (Wildman–Crippen MR) is 88.4 cm³/mol. The van der Waals surface area contributed by atoms with E-state index in [-0.39, 0.29) is 11.2 Å². The molecule has 0 N–H and O–H groups in total. The molecule has 4 nitrogen and oxygen atoms in total. The molecule has 0 spiro atoms. The van der Waals surface area contributed by atoms with Crippen molar-refractivity contribution < 1.29 is 4.39 Å². The number of benzene rings is 1. The Kier molecular flexibility index (Phi) is 3.24. The molecule has 0 fully saturated rings. The van der Waals surface area contributed by atoms with Crippen LogP contribution in [0.4, 0.5) is 4.39 Å². The maximum absolute atomic E-state index is 13.1. The van der Waals surface area contributed by atoms with Crippen molar-refractivity contribution in [1.82, 2.24) is 14.5 Å². The SMILES string of the molecule is O=c1ccn(-c2ccc(F)cc2)c2nc(-c3nccs3)ccc12. The van der Waals surface area contributed by atoms with Crippen LogP contribution in [0.3, 0.4) is 0 Å². The molecule has 0 amide bonds.